The number of alkyl halides is 1. The lowest BCUT2D eigenvalue weighted by Gasteiger charge is -2.07. The number of benzene rings is 1. The van der Waals surface area contributed by atoms with Crippen molar-refractivity contribution in [1.82, 2.24) is 10.2 Å². The quantitative estimate of drug-likeness (QED) is 0.849. The molecule has 1 amide bonds. The first-order chi connectivity index (χ1) is 9.60. The van der Waals surface area contributed by atoms with Gasteiger partial charge in [-0.1, -0.05) is 12.1 Å². The Morgan fingerprint density at radius 3 is 2.65 bits per heavy atom. The molecule has 6 heteroatoms. The highest BCUT2D eigenvalue weighted by atomic mass is 35.5. The van der Waals surface area contributed by atoms with E-state index < -0.39 is 0 Å². The van der Waals surface area contributed by atoms with Crippen LogP contribution in [-0.4, -0.2) is 22.0 Å². The maximum atomic E-state index is 11.4. The van der Waals surface area contributed by atoms with Crippen molar-refractivity contribution in [3.8, 4) is 11.3 Å². The number of amides is 1. The summed E-state index contributed by atoms with van der Waals surface area (Å²) in [4.78, 5) is 22.5. The van der Waals surface area contributed by atoms with E-state index in [1.54, 1.807) is 12.1 Å². The second kappa shape index (κ2) is 6.34. The molecule has 0 bridgehead atoms. The molecular weight excluding hydrogens is 278 g/mol. The van der Waals surface area contributed by atoms with Crippen LogP contribution in [0, 0.1) is 6.92 Å². The summed E-state index contributed by atoms with van der Waals surface area (Å²) in [6.07, 6.45) is 0.282. The Balaban J connectivity index is 2.19. The molecule has 0 spiro atoms. The zero-order valence-electron chi connectivity index (χ0n) is 10.9. The van der Waals surface area contributed by atoms with Crippen LogP contribution in [0.5, 0.6) is 0 Å². The molecule has 0 aliphatic rings. The number of carbonyl (C=O) groups is 1. The average molecular weight is 292 g/mol. The zero-order valence-corrected chi connectivity index (χ0v) is 11.7. The summed E-state index contributed by atoms with van der Waals surface area (Å²) in [6.45, 7) is 1.83. The molecule has 2 aromatic rings. The van der Waals surface area contributed by atoms with Gasteiger partial charge in [0.15, 0.2) is 0 Å². The highest BCUT2D eigenvalue weighted by Gasteiger charge is 2.06. The lowest BCUT2D eigenvalue weighted by molar-refractivity contribution is -0.115. The molecular formula is C14H14ClN3O2. The Labute approximate surface area is 121 Å². The SMILES string of the molecule is Cc1cc(=O)[nH]nc1-c1ccc(NC(=O)CCCl)cc1. The van der Waals surface area contributed by atoms with Crippen LogP contribution in [0.3, 0.4) is 0 Å². The summed E-state index contributed by atoms with van der Waals surface area (Å²) < 4.78 is 0. The number of aromatic amines is 1. The third-order valence-electron chi connectivity index (χ3n) is 2.76. The summed E-state index contributed by atoms with van der Waals surface area (Å²) in [5.74, 6) is 0.177. The van der Waals surface area contributed by atoms with E-state index in [1.807, 2.05) is 19.1 Å². The minimum Gasteiger partial charge on any atom is -0.326 e. The largest absolute Gasteiger partial charge is 0.326 e. The predicted octanol–water partition coefficient (Wildman–Crippen LogP) is 2.31. The van der Waals surface area contributed by atoms with Gasteiger partial charge < -0.3 is 5.32 Å². The van der Waals surface area contributed by atoms with Crippen LogP contribution in [-0.2, 0) is 4.79 Å². The molecule has 0 radical (unpaired) electrons. The summed E-state index contributed by atoms with van der Waals surface area (Å²) in [5.41, 5.74) is 2.85. The average Bonchev–Trinajstić information content (AvgIpc) is 2.40. The number of rotatable bonds is 4. The molecule has 2 N–H and O–H groups in total. The second-order valence-corrected chi connectivity index (χ2v) is 4.71. The van der Waals surface area contributed by atoms with Crippen LogP contribution < -0.4 is 10.9 Å². The van der Waals surface area contributed by atoms with E-state index in [9.17, 15) is 9.59 Å². The first kappa shape index (κ1) is 14.3. The van der Waals surface area contributed by atoms with Crippen LogP contribution >= 0.6 is 11.6 Å². The monoisotopic (exact) mass is 291 g/mol. The number of halogens is 1. The van der Waals surface area contributed by atoms with Crippen LogP contribution in [0.1, 0.15) is 12.0 Å². The van der Waals surface area contributed by atoms with Gasteiger partial charge in [0.25, 0.3) is 5.56 Å². The van der Waals surface area contributed by atoms with Crippen molar-refractivity contribution in [3.63, 3.8) is 0 Å². The normalized spacial score (nSPS) is 10.3. The predicted molar refractivity (Wildman–Crippen MR) is 79.0 cm³/mol. The lowest BCUT2D eigenvalue weighted by Crippen LogP contribution is -2.11. The molecule has 1 aromatic heterocycles. The van der Waals surface area contributed by atoms with Crippen LogP contribution in [0.15, 0.2) is 35.1 Å². The summed E-state index contributed by atoms with van der Waals surface area (Å²) in [6, 6.07) is 8.74. The van der Waals surface area contributed by atoms with E-state index in [-0.39, 0.29) is 17.9 Å². The summed E-state index contributed by atoms with van der Waals surface area (Å²) >= 11 is 5.50. The van der Waals surface area contributed by atoms with Crippen molar-refractivity contribution in [2.45, 2.75) is 13.3 Å². The van der Waals surface area contributed by atoms with Crippen LogP contribution in [0.4, 0.5) is 5.69 Å². The molecule has 1 aromatic carbocycles. The number of hydrogen-bond acceptors (Lipinski definition) is 3. The van der Waals surface area contributed by atoms with E-state index in [1.165, 1.54) is 6.07 Å². The van der Waals surface area contributed by atoms with Gasteiger partial charge in [0.05, 0.1) is 5.69 Å². The smallest absolute Gasteiger partial charge is 0.264 e. The van der Waals surface area contributed by atoms with Gasteiger partial charge in [-0.15, -0.1) is 11.6 Å². The van der Waals surface area contributed by atoms with E-state index >= 15 is 0 Å². The maximum Gasteiger partial charge on any atom is 0.264 e. The number of carbonyl (C=O) groups excluding carboxylic acids is 1. The number of H-pyrrole nitrogens is 1. The van der Waals surface area contributed by atoms with Crippen molar-refractivity contribution in [2.24, 2.45) is 0 Å². The number of anilines is 1. The Morgan fingerprint density at radius 2 is 2.05 bits per heavy atom. The van der Waals surface area contributed by atoms with Gasteiger partial charge in [0.1, 0.15) is 0 Å². The topological polar surface area (TPSA) is 74.8 Å². The number of hydrogen-bond donors (Lipinski definition) is 2. The zero-order chi connectivity index (χ0) is 14.5. The molecule has 2 rings (SSSR count). The van der Waals surface area contributed by atoms with E-state index in [0.717, 1.165) is 11.1 Å². The highest BCUT2D eigenvalue weighted by molar-refractivity contribution is 6.19. The Morgan fingerprint density at radius 1 is 1.35 bits per heavy atom. The molecule has 104 valence electrons. The van der Waals surface area contributed by atoms with Crippen LogP contribution in [0.2, 0.25) is 0 Å². The molecule has 0 aliphatic carbocycles. The van der Waals surface area contributed by atoms with Crippen molar-refractivity contribution in [3.05, 3.63) is 46.2 Å². The molecule has 20 heavy (non-hydrogen) atoms. The Kier molecular flexibility index (Phi) is 4.53. The molecule has 0 fully saturated rings. The number of nitrogens with zero attached hydrogens (tertiary/aromatic N) is 1. The van der Waals surface area contributed by atoms with Crippen molar-refractivity contribution in [2.75, 3.05) is 11.2 Å². The van der Waals surface area contributed by atoms with Crippen molar-refractivity contribution >= 4 is 23.2 Å². The Bertz CT molecular complexity index is 665. The number of aromatic nitrogens is 2. The first-order valence-electron chi connectivity index (χ1n) is 6.12. The van der Waals surface area contributed by atoms with E-state index in [0.29, 0.717) is 17.3 Å². The lowest BCUT2D eigenvalue weighted by atomic mass is 10.1. The number of aryl methyl sites for hydroxylation is 1. The molecule has 0 saturated heterocycles. The third kappa shape index (κ3) is 3.45. The Hall–Kier alpha value is -2.14. The van der Waals surface area contributed by atoms with Gasteiger partial charge in [-0.25, -0.2) is 5.10 Å². The van der Waals surface area contributed by atoms with Gasteiger partial charge in [0, 0.05) is 29.6 Å². The van der Waals surface area contributed by atoms with Crippen molar-refractivity contribution in [1.29, 1.82) is 0 Å². The molecule has 0 aliphatic heterocycles. The fourth-order valence-electron chi connectivity index (χ4n) is 1.81. The molecule has 0 atom stereocenters. The van der Waals surface area contributed by atoms with E-state index in [2.05, 4.69) is 15.5 Å². The fraction of sp³-hybridized carbons (Fsp3) is 0.214. The minimum absolute atomic E-state index is 0.119. The minimum atomic E-state index is -0.226. The highest BCUT2D eigenvalue weighted by Crippen LogP contribution is 2.21. The van der Waals surface area contributed by atoms with Crippen LogP contribution in [0.25, 0.3) is 11.3 Å². The molecule has 0 unspecified atom stereocenters. The first-order valence-corrected chi connectivity index (χ1v) is 6.66. The van der Waals surface area contributed by atoms with Crippen molar-refractivity contribution < 1.29 is 4.79 Å². The molecule has 5 nitrogen and oxygen atoms in total. The van der Waals surface area contributed by atoms with Gasteiger partial charge in [-0.3, -0.25) is 9.59 Å². The second-order valence-electron chi connectivity index (χ2n) is 4.33. The number of nitrogens with one attached hydrogen (secondary N) is 2. The molecule has 0 saturated carbocycles. The van der Waals surface area contributed by atoms with Gasteiger partial charge in [-0.05, 0) is 24.6 Å². The summed E-state index contributed by atoms with van der Waals surface area (Å²) in [7, 11) is 0. The summed E-state index contributed by atoms with van der Waals surface area (Å²) in [5, 5.41) is 9.18. The standard InChI is InChI=1S/C14H14ClN3O2/c1-9-8-13(20)17-18-14(9)10-2-4-11(5-3-10)16-12(19)6-7-15/h2-5,8H,6-7H2,1H3,(H,16,19)(H,17,20). The third-order valence-corrected chi connectivity index (χ3v) is 2.95. The van der Waals surface area contributed by atoms with E-state index in [4.69, 9.17) is 11.6 Å². The van der Waals surface area contributed by atoms with Gasteiger partial charge in [-0.2, -0.15) is 5.10 Å². The van der Waals surface area contributed by atoms with Gasteiger partial charge in [0.2, 0.25) is 5.91 Å². The molecule has 1 heterocycles. The van der Waals surface area contributed by atoms with Gasteiger partial charge >= 0.3 is 0 Å². The fourth-order valence-corrected chi connectivity index (χ4v) is 1.98. The maximum absolute atomic E-state index is 11.4.